The molecule has 0 aliphatic heterocycles. The van der Waals surface area contributed by atoms with Crippen molar-refractivity contribution in [2.45, 2.75) is 11.9 Å². The lowest BCUT2D eigenvalue weighted by molar-refractivity contribution is 0.102. The summed E-state index contributed by atoms with van der Waals surface area (Å²) in [6, 6.07) is 7.85. The van der Waals surface area contributed by atoms with Gasteiger partial charge in [-0.15, -0.1) is 0 Å². The number of rotatable bonds is 4. The number of thioether (sulfide) groups is 1. The summed E-state index contributed by atoms with van der Waals surface area (Å²) < 4.78 is 0. The van der Waals surface area contributed by atoms with Crippen LogP contribution in [0.3, 0.4) is 0 Å². The van der Waals surface area contributed by atoms with Gasteiger partial charge in [-0.25, -0.2) is 4.98 Å². The molecule has 2 N–H and O–H groups in total. The summed E-state index contributed by atoms with van der Waals surface area (Å²) in [5, 5.41) is 19.3. The van der Waals surface area contributed by atoms with Gasteiger partial charge in [0.25, 0.3) is 0 Å². The smallest absolute Gasteiger partial charge is 0.173 e. The maximum Gasteiger partial charge on any atom is 0.173 e. The van der Waals surface area contributed by atoms with Crippen LogP contribution in [0, 0.1) is 6.92 Å². The largest absolute Gasteiger partial charge is 0.504 e. The molecule has 4 nitrogen and oxygen atoms in total. The lowest BCUT2D eigenvalue weighted by Gasteiger charge is -2.03. The average Bonchev–Trinajstić information content (AvgIpc) is 2.41. The van der Waals surface area contributed by atoms with Gasteiger partial charge in [0, 0.05) is 11.8 Å². The number of aromatic nitrogens is 1. The standard InChI is InChI=1S/C14H13NO3S/c1-9-2-5-14(15-7-9)19-8-13(18)10-3-4-11(16)12(17)6-10/h2-7,16-17H,8H2,1H3. The number of phenolic OH excluding ortho intramolecular Hbond substituents is 2. The summed E-state index contributed by atoms with van der Waals surface area (Å²) >= 11 is 1.34. The van der Waals surface area contributed by atoms with E-state index in [1.165, 1.54) is 30.0 Å². The molecule has 0 unspecified atom stereocenters. The second-order valence-corrected chi connectivity index (χ2v) is 5.08. The number of aromatic hydroxyl groups is 2. The number of hydrogen-bond acceptors (Lipinski definition) is 5. The van der Waals surface area contributed by atoms with Crippen LogP contribution in [0.5, 0.6) is 11.5 Å². The lowest BCUT2D eigenvalue weighted by Crippen LogP contribution is -2.02. The van der Waals surface area contributed by atoms with Gasteiger partial charge in [0.15, 0.2) is 17.3 Å². The molecule has 0 amide bonds. The van der Waals surface area contributed by atoms with Crippen LogP contribution in [0.4, 0.5) is 0 Å². The number of carbonyl (C=O) groups excluding carboxylic acids is 1. The number of ketones is 1. The molecule has 5 heteroatoms. The van der Waals surface area contributed by atoms with Crippen LogP contribution in [0.15, 0.2) is 41.6 Å². The number of Topliss-reactive ketones (excluding diaryl/α,β-unsaturated/α-hetero) is 1. The van der Waals surface area contributed by atoms with Gasteiger partial charge in [0.2, 0.25) is 0 Å². The number of aryl methyl sites for hydroxylation is 1. The van der Waals surface area contributed by atoms with Crippen molar-refractivity contribution in [3.05, 3.63) is 47.7 Å². The molecule has 1 aromatic heterocycles. The fourth-order valence-corrected chi connectivity index (χ4v) is 2.20. The van der Waals surface area contributed by atoms with E-state index >= 15 is 0 Å². The molecule has 0 saturated heterocycles. The summed E-state index contributed by atoms with van der Waals surface area (Å²) in [6.45, 7) is 1.95. The van der Waals surface area contributed by atoms with E-state index in [1.54, 1.807) is 6.20 Å². The van der Waals surface area contributed by atoms with E-state index < -0.39 is 0 Å². The molecule has 2 aromatic rings. The molecule has 98 valence electrons. The number of carbonyl (C=O) groups is 1. The highest BCUT2D eigenvalue weighted by Gasteiger charge is 2.09. The third-order valence-electron chi connectivity index (χ3n) is 2.53. The fraction of sp³-hybridized carbons (Fsp3) is 0.143. The molecule has 0 aliphatic carbocycles. The van der Waals surface area contributed by atoms with Gasteiger partial charge in [0.05, 0.1) is 10.8 Å². The Labute approximate surface area is 115 Å². The molecule has 1 aromatic carbocycles. The number of nitrogens with zero attached hydrogens (tertiary/aromatic N) is 1. The first kappa shape index (κ1) is 13.4. The van der Waals surface area contributed by atoms with Crippen LogP contribution in [-0.4, -0.2) is 26.7 Å². The Morgan fingerprint density at radius 3 is 2.63 bits per heavy atom. The van der Waals surface area contributed by atoms with Crippen molar-refractivity contribution in [1.82, 2.24) is 4.98 Å². The number of phenols is 2. The molecule has 0 saturated carbocycles. The van der Waals surface area contributed by atoms with Crippen molar-refractivity contribution < 1.29 is 15.0 Å². The van der Waals surface area contributed by atoms with E-state index in [4.69, 9.17) is 0 Å². The van der Waals surface area contributed by atoms with E-state index in [0.29, 0.717) is 5.56 Å². The van der Waals surface area contributed by atoms with E-state index in [1.807, 2.05) is 19.1 Å². The van der Waals surface area contributed by atoms with Crippen LogP contribution in [0.2, 0.25) is 0 Å². The van der Waals surface area contributed by atoms with Gasteiger partial charge in [-0.2, -0.15) is 0 Å². The first-order valence-corrected chi connectivity index (χ1v) is 6.65. The van der Waals surface area contributed by atoms with Gasteiger partial charge in [0.1, 0.15) is 0 Å². The van der Waals surface area contributed by atoms with Crippen molar-refractivity contribution in [3.63, 3.8) is 0 Å². The quantitative estimate of drug-likeness (QED) is 0.510. The van der Waals surface area contributed by atoms with E-state index in [-0.39, 0.29) is 23.0 Å². The summed E-state index contributed by atoms with van der Waals surface area (Å²) in [5.74, 6) is -0.406. The van der Waals surface area contributed by atoms with Crippen molar-refractivity contribution in [2.24, 2.45) is 0 Å². The zero-order valence-corrected chi connectivity index (χ0v) is 11.1. The van der Waals surface area contributed by atoms with Gasteiger partial charge in [-0.05, 0) is 36.8 Å². The second-order valence-electron chi connectivity index (χ2n) is 4.09. The highest BCUT2D eigenvalue weighted by atomic mass is 32.2. The molecule has 2 rings (SSSR count). The molecule has 0 aliphatic rings. The Balaban J connectivity index is 2.01. The highest BCUT2D eigenvalue weighted by molar-refractivity contribution is 7.99. The third-order valence-corrected chi connectivity index (χ3v) is 3.48. The van der Waals surface area contributed by atoms with Crippen LogP contribution in [0.25, 0.3) is 0 Å². The van der Waals surface area contributed by atoms with E-state index in [9.17, 15) is 15.0 Å². The normalized spacial score (nSPS) is 10.4. The molecule has 0 atom stereocenters. The Hall–Kier alpha value is -2.01. The molecular weight excluding hydrogens is 262 g/mol. The Morgan fingerprint density at radius 1 is 1.21 bits per heavy atom. The predicted molar refractivity (Wildman–Crippen MR) is 73.8 cm³/mol. The van der Waals surface area contributed by atoms with Crippen molar-refractivity contribution in [3.8, 4) is 11.5 Å². The lowest BCUT2D eigenvalue weighted by atomic mass is 10.1. The first-order chi connectivity index (χ1) is 9.06. The Morgan fingerprint density at radius 2 is 2.00 bits per heavy atom. The number of hydrogen-bond donors (Lipinski definition) is 2. The van der Waals surface area contributed by atoms with Gasteiger partial charge >= 0.3 is 0 Å². The summed E-state index contributed by atoms with van der Waals surface area (Å²) in [7, 11) is 0. The number of benzene rings is 1. The van der Waals surface area contributed by atoms with Crippen LogP contribution in [-0.2, 0) is 0 Å². The number of pyridine rings is 1. The van der Waals surface area contributed by atoms with Crippen molar-refractivity contribution in [1.29, 1.82) is 0 Å². The highest BCUT2D eigenvalue weighted by Crippen LogP contribution is 2.26. The van der Waals surface area contributed by atoms with E-state index in [2.05, 4.69) is 4.98 Å². The molecule has 0 radical (unpaired) electrons. The molecule has 1 heterocycles. The average molecular weight is 275 g/mol. The monoisotopic (exact) mass is 275 g/mol. The topological polar surface area (TPSA) is 70.4 Å². The molecular formula is C14H13NO3S. The zero-order valence-electron chi connectivity index (χ0n) is 10.3. The molecule has 0 bridgehead atoms. The predicted octanol–water partition coefficient (Wildman–Crippen LogP) is 2.78. The van der Waals surface area contributed by atoms with Crippen molar-refractivity contribution in [2.75, 3.05) is 5.75 Å². The third kappa shape index (κ3) is 3.48. The minimum atomic E-state index is -0.288. The Kier molecular flexibility index (Phi) is 4.06. The zero-order chi connectivity index (χ0) is 13.8. The van der Waals surface area contributed by atoms with Crippen LogP contribution < -0.4 is 0 Å². The minimum Gasteiger partial charge on any atom is -0.504 e. The minimum absolute atomic E-state index is 0.123. The van der Waals surface area contributed by atoms with Crippen LogP contribution >= 0.6 is 11.8 Å². The maximum atomic E-state index is 11.9. The molecule has 0 spiro atoms. The van der Waals surface area contributed by atoms with Crippen LogP contribution in [0.1, 0.15) is 15.9 Å². The van der Waals surface area contributed by atoms with E-state index in [0.717, 1.165) is 10.6 Å². The maximum absolute atomic E-state index is 11.9. The van der Waals surface area contributed by atoms with Gasteiger partial charge in [-0.1, -0.05) is 17.8 Å². The van der Waals surface area contributed by atoms with Gasteiger partial charge in [-0.3, -0.25) is 4.79 Å². The van der Waals surface area contributed by atoms with Crippen molar-refractivity contribution >= 4 is 17.5 Å². The Bertz CT molecular complexity index is 596. The fourth-order valence-electron chi connectivity index (χ4n) is 1.46. The second kappa shape index (κ2) is 5.75. The summed E-state index contributed by atoms with van der Waals surface area (Å²) in [4.78, 5) is 16.1. The first-order valence-electron chi connectivity index (χ1n) is 5.67. The molecule has 19 heavy (non-hydrogen) atoms. The van der Waals surface area contributed by atoms with Gasteiger partial charge < -0.3 is 10.2 Å². The molecule has 0 fully saturated rings. The summed E-state index contributed by atoms with van der Waals surface area (Å²) in [5.41, 5.74) is 1.44. The SMILES string of the molecule is Cc1ccc(SCC(=O)c2ccc(O)c(O)c2)nc1. The summed E-state index contributed by atoms with van der Waals surface area (Å²) in [6.07, 6.45) is 1.75.